The van der Waals surface area contributed by atoms with Gasteiger partial charge in [0.25, 0.3) is 0 Å². The Morgan fingerprint density at radius 3 is 2.47 bits per heavy atom. The minimum atomic E-state index is -4.14. The van der Waals surface area contributed by atoms with Crippen LogP contribution in [0.15, 0.2) is 0 Å². The van der Waals surface area contributed by atoms with Gasteiger partial charge in [-0.3, -0.25) is 4.90 Å². The first kappa shape index (κ1) is 14.8. The molecule has 0 aromatic carbocycles. The first-order chi connectivity index (χ1) is 7.83. The van der Waals surface area contributed by atoms with Gasteiger partial charge in [0.1, 0.15) is 0 Å². The van der Waals surface area contributed by atoms with Crippen molar-refractivity contribution in [1.29, 1.82) is 0 Å². The van der Waals surface area contributed by atoms with Crippen molar-refractivity contribution in [1.82, 2.24) is 4.90 Å². The number of rotatable bonds is 4. The smallest absolute Gasteiger partial charge is 0.329 e. The van der Waals surface area contributed by atoms with E-state index in [4.69, 9.17) is 5.73 Å². The molecule has 1 saturated carbocycles. The maximum absolute atomic E-state index is 12.6. The summed E-state index contributed by atoms with van der Waals surface area (Å²) >= 11 is 0. The summed E-state index contributed by atoms with van der Waals surface area (Å²) < 4.78 is 37.7. The molecule has 2 atom stereocenters. The molecule has 1 rings (SSSR count). The molecule has 102 valence electrons. The molecule has 5 heteroatoms. The van der Waals surface area contributed by atoms with Crippen LogP contribution in [-0.2, 0) is 0 Å². The van der Waals surface area contributed by atoms with Crippen molar-refractivity contribution in [3.05, 3.63) is 0 Å². The molecule has 2 nitrogen and oxygen atoms in total. The summed E-state index contributed by atoms with van der Waals surface area (Å²) in [6.07, 6.45) is -0.484. The zero-order valence-electron chi connectivity index (χ0n) is 10.7. The topological polar surface area (TPSA) is 29.3 Å². The van der Waals surface area contributed by atoms with Gasteiger partial charge in [0.15, 0.2) is 0 Å². The van der Waals surface area contributed by atoms with Gasteiger partial charge in [0.2, 0.25) is 0 Å². The predicted molar refractivity (Wildman–Crippen MR) is 62.7 cm³/mol. The summed E-state index contributed by atoms with van der Waals surface area (Å²) in [4.78, 5) is 1.53. The van der Waals surface area contributed by atoms with Crippen molar-refractivity contribution in [3.8, 4) is 0 Å². The normalized spacial score (nSPS) is 30.9. The van der Waals surface area contributed by atoms with Crippen LogP contribution in [0.4, 0.5) is 13.2 Å². The quantitative estimate of drug-likeness (QED) is 0.833. The lowest BCUT2D eigenvalue weighted by Crippen LogP contribution is -2.58. The molecule has 0 spiro atoms. The highest BCUT2D eigenvalue weighted by molar-refractivity contribution is 4.96. The van der Waals surface area contributed by atoms with E-state index in [2.05, 4.69) is 6.92 Å². The van der Waals surface area contributed by atoms with Crippen molar-refractivity contribution in [2.45, 2.75) is 51.2 Å². The largest absolute Gasteiger partial charge is 0.401 e. The Hall–Kier alpha value is -0.290. The van der Waals surface area contributed by atoms with E-state index < -0.39 is 18.3 Å². The molecule has 0 amide bonds. The maximum Gasteiger partial charge on any atom is 0.401 e. The highest BCUT2D eigenvalue weighted by Gasteiger charge is 2.43. The molecule has 0 saturated heterocycles. The van der Waals surface area contributed by atoms with Crippen molar-refractivity contribution in [2.24, 2.45) is 11.7 Å². The summed E-state index contributed by atoms with van der Waals surface area (Å²) in [5.41, 5.74) is 5.34. The molecule has 0 aromatic heterocycles. The minimum Gasteiger partial charge on any atom is -0.329 e. The van der Waals surface area contributed by atoms with Crippen molar-refractivity contribution >= 4 is 0 Å². The third-order valence-electron chi connectivity index (χ3n) is 3.87. The molecule has 2 unspecified atom stereocenters. The predicted octanol–water partition coefficient (Wildman–Crippen LogP) is 2.78. The number of nitrogens with zero attached hydrogens (tertiary/aromatic N) is 1. The average molecular weight is 252 g/mol. The van der Waals surface area contributed by atoms with E-state index in [1.165, 1.54) is 4.90 Å². The van der Waals surface area contributed by atoms with Crippen LogP contribution in [0.5, 0.6) is 0 Å². The number of likely N-dealkylation sites (N-methyl/N-ethyl adjacent to an activating group) is 1. The minimum absolute atomic E-state index is 0.321. The molecule has 17 heavy (non-hydrogen) atoms. The van der Waals surface area contributed by atoms with E-state index in [1.54, 1.807) is 6.92 Å². The molecule has 0 radical (unpaired) electrons. The fourth-order valence-electron chi connectivity index (χ4n) is 3.07. The fraction of sp³-hybridized carbons (Fsp3) is 1.00. The van der Waals surface area contributed by atoms with Crippen LogP contribution in [0.3, 0.4) is 0 Å². The lowest BCUT2D eigenvalue weighted by molar-refractivity contribution is -0.162. The van der Waals surface area contributed by atoms with Crippen LogP contribution in [0.25, 0.3) is 0 Å². The van der Waals surface area contributed by atoms with Gasteiger partial charge in [-0.1, -0.05) is 26.7 Å². The average Bonchev–Trinajstić information content (AvgIpc) is 2.24. The fourth-order valence-corrected chi connectivity index (χ4v) is 3.07. The summed E-state index contributed by atoms with van der Waals surface area (Å²) in [7, 11) is 0. The molecule has 0 heterocycles. The Labute approximate surface area is 101 Å². The van der Waals surface area contributed by atoms with Crippen molar-refractivity contribution in [3.63, 3.8) is 0 Å². The third kappa shape index (κ3) is 3.85. The number of alkyl halides is 3. The number of hydrogen-bond acceptors (Lipinski definition) is 2. The Morgan fingerprint density at radius 1 is 1.41 bits per heavy atom. The van der Waals surface area contributed by atoms with Gasteiger partial charge in [0.05, 0.1) is 6.54 Å². The third-order valence-corrected chi connectivity index (χ3v) is 3.87. The summed E-state index contributed by atoms with van der Waals surface area (Å²) in [5.74, 6) is 0.467. The lowest BCUT2D eigenvalue weighted by Gasteiger charge is -2.47. The monoisotopic (exact) mass is 252 g/mol. The van der Waals surface area contributed by atoms with E-state index in [0.717, 1.165) is 25.7 Å². The number of hydrogen-bond donors (Lipinski definition) is 1. The molecule has 1 aliphatic carbocycles. The second-order valence-electron chi connectivity index (χ2n) is 5.26. The van der Waals surface area contributed by atoms with E-state index in [0.29, 0.717) is 19.0 Å². The molecule has 0 aliphatic heterocycles. The first-order valence-electron chi connectivity index (χ1n) is 6.35. The van der Waals surface area contributed by atoms with Gasteiger partial charge >= 0.3 is 6.18 Å². The van der Waals surface area contributed by atoms with Crippen LogP contribution in [0.1, 0.15) is 39.5 Å². The van der Waals surface area contributed by atoms with E-state index in [9.17, 15) is 13.2 Å². The molecule has 0 aromatic rings. The van der Waals surface area contributed by atoms with Gasteiger partial charge in [0, 0.05) is 12.1 Å². The van der Waals surface area contributed by atoms with Gasteiger partial charge < -0.3 is 5.73 Å². The van der Waals surface area contributed by atoms with E-state index >= 15 is 0 Å². The van der Waals surface area contributed by atoms with Crippen LogP contribution in [0, 0.1) is 5.92 Å². The number of halogens is 3. The van der Waals surface area contributed by atoms with Crippen LogP contribution in [0.2, 0.25) is 0 Å². The first-order valence-corrected chi connectivity index (χ1v) is 6.35. The Bertz CT molecular complexity index is 242. The second kappa shape index (κ2) is 5.57. The van der Waals surface area contributed by atoms with Gasteiger partial charge in [-0.2, -0.15) is 13.2 Å². The van der Waals surface area contributed by atoms with Crippen molar-refractivity contribution in [2.75, 3.05) is 19.6 Å². The molecular weight excluding hydrogens is 229 g/mol. The van der Waals surface area contributed by atoms with Gasteiger partial charge in [-0.15, -0.1) is 0 Å². The van der Waals surface area contributed by atoms with Crippen LogP contribution >= 0.6 is 0 Å². The maximum atomic E-state index is 12.6. The second-order valence-corrected chi connectivity index (χ2v) is 5.26. The molecule has 0 bridgehead atoms. The molecule has 1 aliphatic rings. The summed E-state index contributed by atoms with van der Waals surface area (Å²) in [5, 5.41) is 0. The van der Waals surface area contributed by atoms with Crippen LogP contribution in [-0.4, -0.2) is 36.2 Å². The Kier molecular flexibility index (Phi) is 4.84. The van der Waals surface area contributed by atoms with Crippen LogP contribution < -0.4 is 5.73 Å². The van der Waals surface area contributed by atoms with Crippen molar-refractivity contribution < 1.29 is 13.2 Å². The zero-order valence-corrected chi connectivity index (χ0v) is 10.7. The lowest BCUT2D eigenvalue weighted by atomic mass is 9.75. The molecular formula is C12H23F3N2. The summed E-state index contributed by atoms with van der Waals surface area (Å²) in [6, 6.07) is 0. The highest BCUT2D eigenvalue weighted by atomic mass is 19.4. The Morgan fingerprint density at radius 2 is 2.06 bits per heavy atom. The van der Waals surface area contributed by atoms with Gasteiger partial charge in [-0.05, 0) is 25.3 Å². The number of nitrogens with two attached hydrogens (primary N) is 1. The molecule has 2 N–H and O–H groups in total. The van der Waals surface area contributed by atoms with E-state index in [-0.39, 0.29) is 0 Å². The standard InChI is InChI=1S/C12H23F3N2/c1-3-17(9-12(13,14)15)11(8-16)6-4-5-10(2)7-11/h10H,3-9,16H2,1-2H3. The summed E-state index contributed by atoms with van der Waals surface area (Å²) in [6.45, 7) is 3.77. The van der Waals surface area contributed by atoms with E-state index in [1.807, 2.05) is 0 Å². The molecule has 1 fully saturated rings. The zero-order chi connectivity index (χ0) is 13.1. The van der Waals surface area contributed by atoms with Gasteiger partial charge in [-0.25, -0.2) is 0 Å². The Balaban J connectivity index is 2.81. The SMILES string of the molecule is CCN(CC(F)(F)F)C1(CN)CCCC(C)C1. The highest BCUT2D eigenvalue weighted by Crippen LogP contribution is 2.37.